The number of aromatic nitrogens is 2. The summed E-state index contributed by atoms with van der Waals surface area (Å²) in [7, 11) is -3.56. The van der Waals surface area contributed by atoms with Gasteiger partial charge in [-0.3, -0.25) is 4.79 Å². The van der Waals surface area contributed by atoms with Gasteiger partial charge in [-0.15, -0.1) is 0 Å². The fourth-order valence-electron chi connectivity index (χ4n) is 3.57. The molecular weight excluding hydrogens is 434 g/mol. The molecule has 2 aromatic heterocycles. The minimum atomic E-state index is -3.56. The maximum atomic E-state index is 12.8. The first-order valence-corrected chi connectivity index (χ1v) is 13.0. The molecule has 0 saturated carbocycles. The standard InChI is InChI=1S/C22H31N3O4S2/c1-16(2)7-8-25-17(3)13-20(18(25)4)21(26)15-30-22-6-5-19(14-23-22)31(27,28)24-9-11-29-12-10-24/h5-6,13-14,16H,7-12,15H2,1-4H3. The predicted octanol–water partition coefficient (Wildman–Crippen LogP) is 3.54. The first-order valence-electron chi connectivity index (χ1n) is 10.6. The summed E-state index contributed by atoms with van der Waals surface area (Å²) in [6, 6.07) is 5.18. The van der Waals surface area contributed by atoms with Crippen molar-refractivity contribution in [3.8, 4) is 0 Å². The average molecular weight is 466 g/mol. The summed E-state index contributed by atoms with van der Waals surface area (Å²) in [5.41, 5.74) is 2.85. The molecule has 3 heterocycles. The lowest BCUT2D eigenvalue weighted by Crippen LogP contribution is -2.40. The van der Waals surface area contributed by atoms with Crippen molar-refractivity contribution in [1.29, 1.82) is 0 Å². The predicted molar refractivity (Wildman–Crippen MR) is 122 cm³/mol. The molecule has 0 N–H and O–H groups in total. The number of thioether (sulfide) groups is 1. The molecule has 1 saturated heterocycles. The van der Waals surface area contributed by atoms with Crippen molar-refractivity contribution in [1.82, 2.24) is 13.9 Å². The molecule has 0 bridgehead atoms. The van der Waals surface area contributed by atoms with Crippen LogP contribution in [-0.2, 0) is 21.3 Å². The quantitative estimate of drug-likeness (QED) is 0.416. The number of hydrogen-bond acceptors (Lipinski definition) is 6. The fourth-order valence-corrected chi connectivity index (χ4v) is 5.65. The fraction of sp³-hybridized carbons (Fsp3) is 0.545. The van der Waals surface area contributed by atoms with Crippen LogP contribution in [0.5, 0.6) is 0 Å². The van der Waals surface area contributed by atoms with Crippen LogP contribution in [-0.4, -0.2) is 60.1 Å². The summed E-state index contributed by atoms with van der Waals surface area (Å²) >= 11 is 1.32. The van der Waals surface area contributed by atoms with E-state index in [4.69, 9.17) is 4.74 Å². The van der Waals surface area contributed by atoms with E-state index in [2.05, 4.69) is 23.4 Å². The molecule has 0 amide bonds. The molecule has 7 nitrogen and oxygen atoms in total. The highest BCUT2D eigenvalue weighted by Crippen LogP contribution is 2.23. The molecule has 0 unspecified atom stereocenters. The van der Waals surface area contributed by atoms with Gasteiger partial charge in [0.1, 0.15) is 4.90 Å². The Labute approximate surface area is 189 Å². The van der Waals surface area contributed by atoms with Gasteiger partial charge in [0.2, 0.25) is 10.0 Å². The van der Waals surface area contributed by atoms with Crippen LogP contribution in [0.25, 0.3) is 0 Å². The third kappa shape index (κ3) is 5.77. The van der Waals surface area contributed by atoms with Gasteiger partial charge >= 0.3 is 0 Å². The Hall–Kier alpha value is -1.68. The summed E-state index contributed by atoms with van der Waals surface area (Å²) in [6.45, 7) is 10.8. The van der Waals surface area contributed by atoms with Crippen molar-refractivity contribution in [2.75, 3.05) is 32.1 Å². The van der Waals surface area contributed by atoms with Gasteiger partial charge in [0, 0.05) is 42.8 Å². The molecule has 0 spiro atoms. The monoisotopic (exact) mass is 465 g/mol. The lowest BCUT2D eigenvalue weighted by molar-refractivity contribution is 0.0730. The summed E-state index contributed by atoms with van der Waals surface area (Å²) in [5.74, 6) is 0.926. The average Bonchev–Trinajstić information content (AvgIpc) is 3.05. The van der Waals surface area contributed by atoms with E-state index in [9.17, 15) is 13.2 Å². The number of Topliss-reactive ketones (excluding diaryl/α,β-unsaturated/α-hetero) is 1. The number of pyridine rings is 1. The highest BCUT2D eigenvalue weighted by Gasteiger charge is 2.26. The third-order valence-electron chi connectivity index (χ3n) is 5.47. The summed E-state index contributed by atoms with van der Waals surface area (Å²) in [5, 5.41) is 0.628. The third-order valence-corrected chi connectivity index (χ3v) is 8.30. The van der Waals surface area contributed by atoms with Crippen molar-refractivity contribution in [3.05, 3.63) is 41.3 Å². The van der Waals surface area contributed by atoms with E-state index in [1.54, 1.807) is 12.1 Å². The van der Waals surface area contributed by atoms with E-state index in [1.807, 2.05) is 19.9 Å². The minimum absolute atomic E-state index is 0.0562. The number of carbonyl (C=O) groups excluding carboxylic acids is 1. The molecule has 31 heavy (non-hydrogen) atoms. The van der Waals surface area contributed by atoms with Crippen LogP contribution < -0.4 is 0 Å². The number of ketones is 1. The van der Waals surface area contributed by atoms with Crippen molar-refractivity contribution in [2.45, 2.75) is 50.6 Å². The van der Waals surface area contributed by atoms with Gasteiger partial charge in [-0.05, 0) is 44.4 Å². The highest BCUT2D eigenvalue weighted by atomic mass is 32.2. The van der Waals surface area contributed by atoms with Gasteiger partial charge in [0.25, 0.3) is 0 Å². The second-order valence-electron chi connectivity index (χ2n) is 8.18. The number of aryl methyl sites for hydroxylation is 1. The van der Waals surface area contributed by atoms with E-state index >= 15 is 0 Å². The van der Waals surface area contributed by atoms with Crippen LogP contribution >= 0.6 is 11.8 Å². The lowest BCUT2D eigenvalue weighted by atomic mass is 10.1. The molecule has 1 aliphatic rings. The van der Waals surface area contributed by atoms with Crippen molar-refractivity contribution in [2.24, 2.45) is 5.92 Å². The van der Waals surface area contributed by atoms with Crippen molar-refractivity contribution < 1.29 is 17.9 Å². The number of carbonyl (C=O) groups is 1. The van der Waals surface area contributed by atoms with Gasteiger partial charge < -0.3 is 9.30 Å². The van der Waals surface area contributed by atoms with Crippen molar-refractivity contribution >= 4 is 27.6 Å². The topological polar surface area (TPSA) is 81.5 Å². The van der Waals surface area contributed by atoms with Crippen LogP contribution in [0.1, 0.15) is 42.0 Å². The molecule has 3 rings (SSSR count). The normalized spacial score (nSPS) is 15.5. The molecular formula is C22H31N3O4S2. The molecule has 1 aliphatic heterocycles. The van der Waals surface area contributed by atoms with E-state index in [0.29, 0.717) is 37.2 Å². The van der Waals surface area contributed by atoms with E-state index in [1.165, 1.54) is 22.3 Å². The zero-order valence-corrected chi connectivity index (χ0v) is 20.3. The molecule has 0 radical (unpaired) electrons. The first-order chi connectivity index (χ1) is 14.7. The number of nitrogens with zero attached hydrogens (tertiary/aromatic N) is 3. The summed E-state index contributed by atoms with van der Waals surface area (Å²) < 4.78 is 34.2. The first kappa shape index (κ1) is 24.0. The zero-order valence-electron chi connectivity index (χ0n) is 18.6. The van der Waals surface area contributed by atoms with Gasteiger partial charge in [0.15, 0.2) is 5.78 Å². The molecule has 170 valence electrons. The van der Waals surface area contributed by atoms with E-state index in [-0.39, 0.29) is 16.4 Å². The summed E-state index contributed by atoms with van der Waals surface area (Å²) in [6.07, 6.45) is 2.44. The molecule has 1 fully saturated rings. The van der Waals surface area contributed by atoms with Crippen LogP contribution in [0.3, 0.4) is 0 Å². The number of hydrogen-bond donors (Lipinski definition) is 0. The Balaban J connectivity index is 1.63. The number of morpholine rings is 1. The Kier molecular flexibility index (Phi) is 7.96. The van der Waals surface area contributed by atoms with Crippen LogP contribution in [0.2, 0.25) is 0 Å². The SMILES string of the molecule is Cc1cc(C(=O)CSc2ccc(S(=O)(=O)N3CCOCC3)cn2)c(C)n1CCC(C)C. The van der Waals surface area contributed by atoms with Crippen LogP contribution in [0.15, 0.2) is 34.3 Å². The maximum Gasteiger partial charge on any atom is 0.244 e. The lowest BCUT2D eigenvalue weighted by Gasteiger charge is -2.25. The Bertz CT molecular complexity index is 1010. The molecule has 9 heteroatoms. The van der Waals surface area contributed by atoms with Gasteiger partial charge in [-0.1, -0.05) is 25.6 Å². The molecule has 2 aromatic rings. The van der Waals surface area contributed by atoms with Crippen LogP contribution in [0.4, 0.5) is 0 Å². The van der Waals surface area contributed by atoms with Crippen molar-refractivity contribution in [3.63, 3.8) is 0 Å². The highest BCUT2D eigenvalue weighted by molar-refractivity contribution is 7.99. The summed E-state index contributed by atoms with van der Waals surface area (Å²) in [4.78, 5) is 17.2. The molecule has 0 atom stereocenters. The van der Waals surface area contributed by atoms with E-state index in [0.717, 1.165) is 29.9 Å². The maximum absolute atomic E-state index is 12.8. The molecule has 0 aromatic carbocycles. The zero-order chi connectivity index (χ0) is 22.6. The van der Waals surface area contributed by atoms with Gasteiger partial charge in [0.05, 0.1) is 24.0 Å². The second kappa shape index (κ2) is 10.3. The van der Waals surface area contributed by atoms with E-state index < -0.39 is 10.0 Å². The van der Waals surface area contributed by atoms with Gasteiger partial charge in [-0.25, -0.2) is 13.4 Å². The minimum Gasteiger partial charge on any atom is -0.379 e. The van der Waals surface area contributed by atoms with Gasteiger partial charge in [-0.2, -0.15) is 4.31 Å². The number of sulfonamides is 1. The Morgan fingerprint density at radius 1 is 1.23 bits per heavy atom. The second-order valence-corrected chi connectivity index (χ2v) is 11.1. The largest absolute Gasteiger partial charge is 0.379 e. The number of ether oxygens (including phenoxy) is 1. The Morgan fingerprint density at radius 2 is 1.94 bits per heavy atom. The smallest absolute Gasteiger partial charge is 0.244 e. The number of rotatable bonds is 9. The van der Waals surface area contributed by atoms with Crippen LogP contribution in [0, 0.1) is 19.8 Å². The Morgan fingerprint density at radius 3 is 2.55 bits per heavy atom. The molecule has 0 aliphatic carbocycles.